The van der Waals surface area contributed by atoms with Crippen LogP contribution in [0, 0.1) is 40.9 Å². The molecule has 5 nitrogen and oxygen atoms in total. The van der Waals surface area contributed by atoms with Crippen molar-refractivity contribution < 1.29 is 23.8 Å². The fraction of sp³-hybridized carbons (Fsp3) is 0.697. The quantitative estimate of drug-likeness (QED) is 0.250. The van der Waals surface area contributed by atoms with Gasteiger partial charge in [-0.3, -0.25) is 4.79 Å². The van der Waals surface area contributed by atoms with Gasteiger partial charge in [-0.25, -0.2) is 4.79 Å². The molecule has 6 atom stereocenters. The third-order valence-corrected chi connectivity index (χ3v) is 9.76. The van der Waals surface area contributed by atoms with Crippen LogP contribution in [-0.2, 0) is 19.0 Å². The summed E-state index contributed by atoms with van der Waals surface area (Å²) in [6.45, 7) is 15.4. The number of rotatable bonds is 7. The highest BCUT2D eigenvalue weighted by Gasteiger charge is 2.43. The molecule has 0 N–H and O–H groups in total. The van der Waals surface area contributed by atoms with Crippen molar-refractivity contribution in [3.05, 3.63) is 47.6 Å². The van der Waals surface area contributed by atoms with Crippen molar-refractivity contribution in [1.82, 2.24) is 0 Å². The summed E-state index contributed by atoms with van der Waals surface area (Å²) < 4.78 is 15.8. The van der Waals surface area contributed by atoms with Crippen LogP contribution in [0.2, 0.25) is 0 Å². The molecule has 0 bridgehead atoms. The van der Waals surface area contributed by atoms with E-state index in [4.69, 9.17) is 14.2 Å². The Balaban J connectivity index is 1.39. The normalized spacial score (nSPS) is 33.2. The average molecular weight is 525 g/mol. The van der Waals surface area contributed by atoms with E-state index < -0.39 is 11.6 Å². The third-order valence-electron chi connectivity index (χ3n) is 9.76. The number of carbonyl (C=O) groups is 2. The third kappa shape index (κ3) is 6.63. The van der Waals surface area contributed by atoms with E-state index in [0.717, 1.165) is 30.3 Å². The molecule has 0 amide bonds. The number of allylic oxidation sites excluding steroid dienone is 6. The molecule has 0 aromatic rings. The van der Waals surface area contributed by atoms with Gasteiger partial charge in [0.1, 0.15) is 24.7 Å². The Labute approximate surface area is 229 Å². The van der Waals surface area contributed by atoms with Crippen molar-refractivity contribution in [3.8, 4) is 0 Å². The molecule has 0 spiro atoms. The molecule has 1 saturated heterocycles. The lowest BCUT2D eigenvalue weighted by Crippen LogP contribution is -2.45. The summed E-state index contributed by atoms with van der Waals surface area (Å²) in [6, 6.07) is 0. The molecule has 0 aromatic carbocycles. The van der Waals surface area contributed by atoms with E-state index in [0.29, 0.717) is 30.1 Å². The number of hydrogen-bond donors (Lipinski definition) is 0. The Bertz CT molecular complexity index is 975. The minimum absolute atomic E-state index is 0.00635. The van der Waals surface area contributed by atoms with E-state index in [1.165, 1.54) is 37.7 Å². The number of ether oxygens (including phenoxy) is 3. The summed E-state index contributed by atoms with van der Waals surface area (Å²) in [6.07, 6.45) is 17.4. The molecule has 4 aliphatic rings. The predicted molar refractivity (Wildman–Crippen MR) is 150 cm³/mol. The molecule has 1 unspecified atom stereocenters. The number of carbonyl (C=O) groups excluding carboxylic acids is 2. The Hall–Kier alpha value is -2.30. The Kier molecular flexibility index (Phi) is 9.26. The SMILES string of the molecule is C=C1CC[C@H](OC(=O)C2(C)COC(=O)OC2)CC1=CC=C1CC[C@@H]([C@H](C)C=C[C@H](C)C(C)C)C2CCC[C@@H]12. The first-order valence-corrected chi connectivity index (χ1v) is 14.8. The van der Waals surface area contributed by atoms with Crippen LogP contribution in [0.4, 0.5) is 4.79 Å². The van der Waals surface area contributed by atoms with Crippen LogP contribution in [0.1, 0.15) is 86.0 Å². The van der Waals surface area contributed by atoms with E-state index in [-0.39, 0.29) is 25.3 Å². The highest BCUT2D eigenvalue weighted by Crippen LogP contribution is 2.51. The fourth-order valence-electron chi connectivity index (χ4n) is 6.68. The number of fused-ring (bicyclic) bond motifs is 1. The largest absolute Gasteiger partial charge is 0.508 e. The standard InChI is InChI=1S/C33H48O5/c1-21(2)22(3)10-11-24(5)28-17-15-25(29-8-7-9-30(28)29)13-14-26-18-27(16-12-23(26)4)38-31(34)33(6)19-36-32(35)37-20-33/h10-11,13-14,21-22,24,27-30H,4,7-9,12,15-20H2,1-3,5-6H3/t22-,24+,27-,28-,29-,30?/m0/s1. The molecule has 1 aliphatic heterocycles. The summed E-state index contributed by atoms with van der Waals surface area (Å²) in [5, 5.41) is 0. The minimum atomic E-state index is -0.955. The van der Waals surface area contributed by atoms with E-state index in [2.05, 4.69) is 58.6 Å². The second kappa shape index (κ2) is 12.3. The molecular weight excluding hydrogens is 476 g/mol. The molecular formula is C33H48O5. The zero-order valence-corrected chi connectivity index (χ0v) is 24.2. The van der Waals surface area contributed by atoms with Gasteiger partial charge in [0, 0.05) is 6.42 Å². The molecule has 38 heavy (non-hydrogen) atoms. The number of cyclic esters (lactones) is 2. The van der Waals surface area contributed by atoms with Crippen molar-refractivity contribution in [2.75, 3.05) is 13.2 Å². The second-order valence-corrected chi connectivity index (χ2v) is 12.9. The highest BCUT2D eigenvalue weighted by atomic mass is 16.7. The molecule has 4 fully saturated rings. The summed E-state index contributed by atoms with van der Waals surface area (Å²) in [4.78, 5) is 24.1. The molecule has 3 aliphatic carbocycles. The van der Waals surface area contributed by atoms with Crippen LogP contribution in [0.5, 0.6) is 0 Å². The van der Waals surface area contributed by atoms with Crippen LogP contribution in [0.15, 0.2) is 47.6 Å². The van der Waals surface area contributed by atoms with Gasteiger partial charge in [0.25, 0.3) is 0 Å². The van der Waals surface area contributed by atoms with Gasteiger partial charge < -0.3 is 14.2 Å². The maximum absolute atomic E-state index is 12.9. The van der Waals surface area contributed by atoms with Gasteiger partial charge in [0.05, 0.1) is 0 Å². The number of hydrogen-bond acceptors (Lipinski definition) is 5. The first kappa shape index (κ1) is 28.7. The Morgan fingerprint density at radius 1 is 1.03 bits per heavy atom. The van der Waals surface area contributed by atoms with E-state index in [1.807, 2.05) is 0 Å². The van der Waals surface area contributed by atoms with E-state index in [9.17, 15) is 9.59 Å². The van der Waals surface area contributed by atoms with Gasteiger partial charge in [-0.1, -0.05) is 76.1 Å². The van der Waals surface area contributed by atoms with Crippen LogP contribution >= 0.6 is 0 Å². The van der Waals surface area contributed by atoms with Crippen molar-refractivity contribution in [3.63, 3.8) is 0 Å². The van der Waals surface area contributed by atoms with Gasteiger partial charge in [-0.2, -0.15) is 0 Å². The summed E-state index contributed by atoms with van der Waals surface area (Å²) in [7, 11) is 0. The smallest absolute Gasteiger partial charge is 0.461 e. The van der Waals surface area contributed by atoms with Crippen molar-refractivity contribution >= 4 is 12.1 Å². The summed E-state index contributed by atoms with van der Waals surface area (Å²) in [5.41, 5.74) is 2.98. The maximum atomic E-state index is 12.9. The van der Waals surface area contributed by atoms with Crippen molar-refractivity contribution in [2.24, 2.45) is 40.9 Å². The second-order valence-electron chi connectivity index (χ2n) is 12.9. The van der Waals surface area contributed by atoms with E-state index >= 15 is 0 Å². The van der Waals surface area contributed by atoms with Crippen LogP contribution in [0.3, 0.4) is 0 Å². The lowest BCUT2D eigenvalue weighted by Gasteiger charge is -2.39. The van der Waals surface area contributed by atoms with E-state index in [1.54, 1.807) is 12.5 Å². The van der Waals surface area contributed by atoms with Crippen LogP contribution < -0.4 is 0 Å². The molecule has 1 heterocycles. The predicted octanol–water partition coefficient (Wildman–Crippen LogP) is 7.97. The number of esters is 1. The Morgan fingerprint density at radius 3 is 2.47 bits per heavy atom. The van der Waals surface area contributed by atoms with Crippen LogP contribution in [0.25, 0.3) is 0 Å². The molecule has 4 rings (SSSR count). The van der Waals surface area contributed by atoms with Crippen LogP contribution in [-0.4, -0.2) is 31.4 Å². The highest BCUT2D eigenvalue weighted by molar-refractivity contribution is 5.78. The van der Waals surface area contributed by atoms with Crippen molar-refractivity contribution in [1.29, 1.82) is 0 Å². The topological polar surface area (TPSA) is 61.8 Å². The molecule has 210 valence electrons. The first-order valence-electron chi connectivity index (χ1n) is 14.8. The lowest BCUT2D eigenvalue weighted by atomic mass is 9.66. The lowest BCUT2D eigenvalue weighted by molar-refractivity contribution is -0.172. The first-order chi connectivity index (χ1) is 18.1. The minimum Gasteiger partial charge on any atom is -0.461 e. The monoisotopic (exact) mass is 524 g/mol. The van der Waals surface area contributed by atoms with Crippen molar-refractivity contribution in [2.45, 2.75) is 92.1 Å². The van der Waals surface area contributed by atoms with Gasteiger partial charge in [-0.15, -0.1) is 0 Å². The fourth-order valence-corrected chi connectivity index (χ4v) is 6.68. The maximum Gasteiger partial charge on any atom is 0.508 e. The van der Waals surface area contributed by atoms with Gasteiger partial charge in [0.2, 0.25) is 0 Å². The molecule has 5 heteroatoms. The molecule has 0 radical (unpaired) electrons. The Morgan fingerprint density at radius 2 is 1.76 bits per heavy atom. The van der Waals surface area contributed by atoms with Gasteiger partial charge in [0.15, 0.2) is 0 Å². The molecule has 0 aromatic heterocycles. The average Bonchev–Trinajstić information content (AvgIpc) is 3.39. The molecule has 3 saturated carbocycles. The summed E-state index contributed by atoms with van der Waals surface area (Å²) in [5.74, 6) is 3.86. The van der Waals surface area contributed by atoms with Gasteiger partial charge >= 0.3 is 12.1 Å². The zero-order chi connectivity index (χ0) is 27.4. The summed E-state index contributed by atoms with van der Waals surface area (Å²) >= 11 is 0. The van der Waals surface area contributed by atoms with Gasteiger partial charge in [-0.05, 0) is 86.5 Å². The zero-order valence-electron chi connectivity index (χ0n) is 24.2.